The highest BCUT2D eigenvalue weighted by atomic mass is 16.2. The van der Waals surface area contributed by atoms with Crippen LogP contribution in [0, 0.1) is 0 Å². The van der Waals surface area contributed by atoms with Crippen molar-refractivity contribution in [3.63, 3.8) is 0 Å². The second kappa shape index (κ2) is 2.59. The first-order valence-corrected chi connectivity index (χ1v) is 3.98. The number of nitrogens with zero attached hydrogens (tertiary/aromatic N) is 1. The Morgan fingerprint density at radius 2 is 2.42 bits per heavy atom. The van der Waals surface area contributed by atoms with Gasteiger partial charge in [-0.25, -0.2) is 0 Å². The van der Waals surface area contributed by atoms with Gasteiger partial charge in [-0.1, -0.05) is 0 Å². The van der Waals surface area contributed by atoms with Gasteiger partial charge in [0.25, 0.3) is 0 Å². The van der Waals surface area contributed by atoms with Gasteiger partial charge in [0.2, 0.25) is 5.91 Å². The molecule has 0 saturated carbocycles. The number of hydrogen-bond acceptors (Lipinski definition) is 2. The van der Waals surface area contributed by atoms with Crippen LogP contribution in [-0.4, -0.2) is 16.8 Å². The highest BCUT2D eigenvalue weighted by Gasteiger charge is 2.23. The molecule has 12 heavy (non-hydrogen) atoms. The molecular formula is C9H9NO2. The zero-order chi connectivity index (χ0) is 8.55. The Balaban J connectivity index is 2.48. The van der Waals surface area contributed by atoms with Crippen molar-refractivity contribution >= 4 is 12.2 Å². The third kappa shape index (κ3) is 0.897. The largest absolute Gasteiger partial charge is 0.303 e. The average molecular weight is 163 g/mol. The molecule has 0 aromatic carbocycles. The first-order chi connectivity index (χ1) is 5.83. The maximum absolute atomic E-state index is 11.3. The van der Waals surface area contributed by atoms with Crippen LogP contribution in [0.4, 0.5) is 0 Å². The molecule has 0 bridgehead atoms. The van der Waals surface area contributed by atoms with E-state index >= 15 is 0 Å². The van der Waals surface area contributed by atoms with E-state index in [1.807, 2.05) is 6.07 Å². The number of aromatic nitrogens is 1. The Hall–Kier alpha value is -1.38. The smallest absolute Gasteiger partial charge is 0.230 e. The van der Waals surface area contributed by atoms with Crippen LogP contribution in [0.3, 0.4) is 0 Å². The normalized spacial score (nSPS) is 22.0. The number of aldehydes is 1. The quantitative estimate of drug-likeness (QED) is 0.583. The van der Waals surface area contributed by atoms with Crippen LogP contribution < -0.4 is 0 Å². The van der Waals surface area contributed by atoms with E-state index in [1.165, 1.54) is 0 Å². The first-order valence-electron chi connectivity index (χ1n) is 3.98. The van der Waals surface area contributed by atoms with Gasteiger partial charge in [-0.2, -0.15) is 0 Å². The van der Waals surface area contributed by atoms with Gasteiger partial charge in [0.1, 0.15) is 6.29 Å². The van der Waals surface area contributed by atoms with Gasteiger partial charge in [0, 0.05) is 18.3 Å². The van der Waals surface area contributed by atoms with E-state index in [0.29, 0.717) is 12.8 Å². The molecule has 3 nitrogen and oxygen atoms in total. The molecular weight excluding hydrogens is 154 g/mol. The maximum atomic E-state index is 11.3. The van der Waals surface area contributed by atoms with E-state index in [2.05, 4.69) is 0 Å². The van der Waals surface area contributed by atoms with E-state index in [0.717, 1.165) is 12.0 Å². The summed E-state index contributed by atoms with van der Waals surface area (Å²) in [5.74, 6) is 0.00537. The number of hydrogen-bond donors (Lipinski definition) is 0. The first kappa shape index (κ1) is 7.28. The van der Waals surface area contributed by atoms with E-state index in [4.69, 9.17) is 0 Å². The fourth-order valence-electron chi connectivity index (χ4n) is 1.61. The Bertz CT molecular complexity index is 327. The van der Waals surface area contributed by atoms with Crippen molar-refractivity contribution in [3.05, 3.63) is 24.0 Å². The summed E-state index contributed by atoms with van der Waals surface area (Å²) in [5, 5.41) is 0. The van der Waals surface area contributed by atoms with Gasteiger partial charge in [-0.15, -0.1) is 0 Å². The predicted molar refractivity (Wildman–Crippen MR) is 43.1 cm³/mol. The third-order valence-electron chi connectivity index (χ3n) is 2.26. The lowest BCUT2D eigenvalue weighted by Crippen LogP contribution is -2.22. The number of carbonyl (C=O) groups is 2. The van der Waals surface area contributed by atoms with Gasteiger partial charge in [0.15, 0.2) is 0 Å². The summed E-state index contributed by atoms with van der Waals surface area (Å²) in [6.07, 6.45) is 3.77. The van der Waals surface area contributed by atoms with Crippen molar-refractivity contribution in [1.82, 2.24) is 4.57 Å². The highest BCUT2D eigenvalue weighted by molar-refractivity contribution is 5.83. The van der Waals surface area contributed by atoms with Crippen LogP contribution in [0.1, 0.15) is 29.2 Å². The molecule has 0 spiro atoms. The third-order valence-corrected chi connectivity index (χ3v) is 2.26. The minimum Gasteiger partial charge on any atom is -0.303 e. The minimum absolute atomic E-state index is 0.0855. The molecule has 0 radical (unpaired) electrons. The Morgan fingerprint density at radius 3 is 3.17 bits per heavy atom. The monoisotopic (exact) mass is 163 g/mol. The molecule has 0 saturated heterocycles. The fraction of sp³-hybridized carbons (Fsp3) is 0.333. The molecule has 62 valence electrons. The summed E-state index contributed by atoms with van der Waals surface area (Å²) in [7, 11) is 0. The summed E-state index contributed by atoms with van der Waals surface area (Å²) in [4.78, 5) is 21.9. The zero-order valence-corrected chi connectivity index (χ0v) is 6.56. The minimum atomic E-state index is -0.0855. The molecule has 0 aliphatic carbocycles. The molecule has 0 N–H and O–H groups in total. The van der Waals surface area contributed by atoms with Crippen LogP contribution in [-0.2, 0) is 4.79 Å². The molecule has 1 aromatic heterocycles. The van der Waals surface area contributed by atoms with E-state index in [9.17, 15) is 9.59 Å². The van der Waals surface area contributed by atoms with Crippen molar-refractivity contribution in [3.8, 4) is 0 Å². The van der Waals surface area contributed by atoms with Gasteiger partial charge in [0.05, 0.1) is 5.92 Å². The molecule has 3 heteroatoms. The Kier molecular flexibility index (Phi) is 1.57. The van der Waals surface area contributed by atoms with Crippen molar-refractivity contribution < 1.29 is 9.59 Å². The summed E-state index contributed by atoms with van der Waals surface area (Å²) >= 11 is 0. The topological polar surface area (TPSA) is 39.1 Å². The predicted octanol–water partition coefficient (Wildman–Crippen LogP) is 1.20. The van der Waals surface area contributed by atoms with Crippen molar-refractivity contribution in [1.29, 1.82) is 0 Å². The van der Waals surface area contributed by atoms with Crippen molar-refractivity contribution in [2.75, 3.05) is 0 Å². The standard InChI is InChI=1S/C9H9NO2/c11-6-7-3-4-9(12)10-5-1-2-8(7)10/h1-2,5-7H,3-4H2/t7-/m0/s1. The summed E-state index contributed by atoms with van der Waals surface area (Å²) in [6, 6.07) is 3.63. The van der Waals surface area contributed by atoms with Crippen molar-refractivity contribution in [2.45, 2.75) is 18.8 Å². The molecule has 0 unspecified atom stereocenters. The van der Waals surface area contributed by atoms with E-state index in [-0.39, 0.29) is 11.8 Å². The maximum Gasteiger partial charge on any atom is 0.230 e. The lowest BCUT2D eigenvalue weighted by Gasteiger charge is -2.18. The summed E-state index contributed by atoms with van der Waals surface area (Å²) < 4.78 is 1.57. The van der Waals surface area contributed by atoms with Gasteiger partial charge in [-0.05, 0) is 18.6 Å². The molecule has 0 fully saturated rings. The second-order valence-corrected chi connectivity index (χ2v) is 2.98. The Morgan fingerprint density at radius 1 is 1.58 bits per heavy atom. The lowest BCUT2D eigenvalue weighted by molar-refractivity contribution is -0.109. The average Bonchev–Trinajstić information content (AvgIpc) is 2.54. The van der Waals surface area contributed by atoms with E-state index in [1.54, 1.807) is 16.8 Å². The fourth-order valence-corrected chi connectivity index (χ4v) is 1.61. The number of fused-ring (bicyclic) bond motifs is 1. The van der Waals surface area contributed by atoms with Crippen LogP contribution in [0.15, 0.2) is 18.3 Å². The molecule has 2 rings (SSSR count). The van der Waals surface area contributed by atoms with Crippen LogP contribution in [0.25, 0.3) is 0 Å². The van der Waals surface area contributed by atoms with Gasteiger partial charge in [-0.3, -0.25) is 9.36 Å². The van der Waals surface area contributed by atoms with Crippen LogP contribution in [0.5, 0.6) is 0 Å². The van der Waals surface area contributed by atoms with Gasteiger partial charge < -0.3 is 4.79 Å². The molecule has 1 aliphatic rings. The number of carbonyl (C=O) groups excluding carboxylic acids is 2. The molecule has 1 atom stereocenters. The van der Waals surface area contributed by atoms with Gasteiger partial charge >= 0.3 is 0 Å². The molecule has 0 amide bonds. The molecule has 2 heterocycles. The Labute approximate surface area is 70.0 Å². The van der Waals surface area contributed by atoms with E-state index < -0.39 is 0 Å². The zero-order valence-electron chi connectivity index (χ0n) is 6.56. The SMILES string of the molecule is O=C[C@@H]1CCC(=O)n2cccc21. The molecule has 1 aliphatic heterocycles. The van der Waals surface area contributed by atoms with Crippen molar-refractivity contribution in [2.24, 2.45) is 0 Å². The lowest BCUT2D eigenvalue weighted by atomic mass is 9.97. The van der Waals surface area contributed by atoms with Crippen LogP contribution >= 0.6 is 0 Å². The number of rotatable bonds is 1. The molecule has 1 aromatic rings. The summed E-state index contributed by atoms with van der Waals surface area (Å²) in [5.41, 5.74) is 0.834. The summed E-state index contributed by atoms with van der Waals surface area (Å²) in [6.45, 7) is 0. The van der Waals surface area contributed by atoms with Crippen LogP contribution in [0.2, 0.25) is 0 Å². The highest BCUT2D eigenvalue weighted by Crippen LogP contribution is 2.25. The second-order valence-electron chi connectivity index (χ2n) is 2.98.